The Morgan fingerprint density at radius 3 is 2.56 bits per heavy atom. The topological polar surface area (TPSA) is 24.1 Å². The third-order valence-electron chi connectivity index (χ3n) is 5.59. The van der Waals surface area contributed by atoms with Gasteiger partial charge in [0.25, 0.3) is 0 Å². The largest absolute Gasteiger partial charge is 0.312 e. The molecule has 1 aliphatic rings. The number of nitrogens with one attached hydrogen (secondary N) is 2. The molecule has 2 atom stereocenters. The predicted octanol–water partition coefficient (Wildman–Crippen LogP) is 4.92. The molecule has 134 valence electrons. The lowest BCUT2D eigenvalue weighted by atomic mass is 9.72. The quantitative estimate of drug-likeness (QED) is 0.688. The molecule has 1 fully saturated rings. The van der Waals surface area contributed by atoms with Crippen LogP contribution in [-0.4, -0.2) is 19.6 Å². The van der Waals surface area contributed by atoms with Crippen LogP contribution in [-0.2, 0) is 12.0 Å². The molecule has 0 amide bonds. The number of hydrogen-bond donors (Lipinski definition) is 2. The molecule has 0 heterocycles. The van der Waals surface area contributed by atoms with Crippen LogP contribution in [0.25, 0.3) is 0 Å². The monoisotopic (exact) mass is 356 g/mol. The fourth-order valence-electron chi connectivity index (χ4n) is 4.24. The standard InChI is InChI=1S/C22H29ClN2/c1-24-22(19-13-5-6-14-20(19)23)16-8-7-15-21(22)25-17-9-12-18-10-3-2-4-11-18/h2-6,10-11,13-14,21,24-25H,7-9,12,15-17H2,1H3/t21-,22-/m1/s1. The lowest BCUT2D eigenvalue weighted by molar-refractivity contribution is 0.178. The zero-order valence-corrected chi connectivity index (χ0v) is 15.9. The molecule has 25 heavy (non-hydrogen) atoms. The molecule has 0 aromatic heterocycles. The number of halogens is 1. The van der Waals surface area contributed by atoms with Gasteiger partial charge >= 0.3 is 0 Å². The molecule has 2 N–H and O–H groups in total. The summed E-state index contributed by atoms with van der Waals surface area (Å²) >= 11 is 6.56. The van der Waals surface area contributed by atoms with Crippen LogP contribution < -0.4 is 10.6 Å². The van der Waals surface area contributed by atoms with Gasteiger partial charge in [-0.25, -0.2) is 0 Å². The van der Waals surface area contributed by atoms with Gasteiger partial charge < -0.3 is 10.6 Å². The van der Waals surface area contributed by atoms with Crippen molar-refractivity contribution in [2.45, 2.75) is 50.1 Å². The van der Waals surface area contributed by atoms with Gasteiger partial charge in [0.15, 0.2) is 0 Å². The zero-order valence-electron chi connectivity index (χ0n) is 15.1. The molecule has 1 saturated carbocycles. The van der Waals surface area contributed by atoms with Gasteiger partial charge in [0.1, 0.15) is 0 Å². The van der Waals surface area contributed by atoms with Crippen molar-refractivity contribution >= 4 is 11.6 Å². The third kappa shape index (κ3) is 4.25. The third-order valence-corrected chi connectivity index (χ3v) is 5.91. The SMILES string of the molecule is CN[C@@]1(c2ccccc2Cl)CCCC[C@H]1NCCCc1ccccc1. The molecule has 0 aliphatic heterocycles. The molecular formula is C22H29ClN2. The zero-order chi connectivity index (χ0) is 17.5. The van der Waals surface area contributed by atoms with Gasteiger partial charge in [-0.3, -0.25) is 0 Å². The van der Waals surface area contributed by atoms with Gasteiger partial charge in [0.2, 0.25) is 0 Å². The summed E-state index contributed by atoms with van der Waals surface area (Å²) < 4.78 is 0. The van der Waals surface area contributed by atoms with E-state index in [9.17, 15) is 0 Å². The Morgan fingerprint density at radius 1 is 1.04 bits per heavy atom. The fraction of sp³-hybridized carbons (Fsp3) is 0.455. The van der Waals surface area contributed by atoms with Crippen LogP contribution in [0.4, 0.5) is 0 Å². The molecule has 3 rings (SSSR count). The highest BCUT2D eigenvalue weighted by Crippen LogP contribution is 2.40. The van der Waals surface area contributed by atoms with E-state index < -0.39 is 0 Å². The normalized spacial score (nSPS) is 23.5. The second-order valence-electron chi connectivity index (χ2n) is 7.04. The van der Waals surface area contributed by atoms with Crippen LogP contribution in [0.2, 0.25) is 5.02 Å². The first kappa shape index (κ1) is 18.4. The number of aryl methyl sites for hydroxylation is 1. The van der Waals surface area contributed by atoms with Crippen molar-refractivity contribution in [2.75, 3.05) is 13.6 Å². The van der Waals surface area contributed by atoms with E-state index in [1.165, 1.54) is 30.4 Å². The Kier molecular flexibility index (Phi) is 6.52. The van der Waals surface area contributed by atoms with E-state index in [-0.39, 0.29) is 5.54 Å². The fourth-order valence-corrected chi connectivity index (χ4v) is 4.55. The average Bonchev–Trinajstić information content (AvgIpc) is 2.67. The van der Waals surface area contributed by atoms with Crippen molar-refractivity contribution in [1.82, 2.24) is 10.6 Å². The van der Waals surface area contributed by atoms with Crippen molar-refractivity contribution in [3.05, 3.63) is 70.7 Å². The lowest BCUT2D eigenvalue weighted by Crippen LogP contribution is -2.58. The maximum absolute atomic E-state index is 6.56. The molecule has 2 nitrogen and oxygen atoms in total. The van der Waals surface area contributed by atoms with Crippen molar-refractivity contribution in [1.29, 1.82) is 0 Å². The van der Waals surface area contributed by atoms with E-state index >= 15 is 0 Å². The number of hydrogen-bond acceptors (Lipinski definition) is 2. The second-order valence-corrected chi connectivity index (χ2v) is 7.45. The number of likely N-dealkylation sites (N-methyl/N-ethyl adjacent to an activating group) is 1. The summed E-state index contributed by atoms with van der Waals surface area (Å²) in [6.45, 7) is 1.04. The molecule has 3 heteroatoms. The maximum atomic E-state index is 6.56. The average molecular weight is 357 g/mol. The molecule has 0 spiro atoms. The molecular weight excluding hydrogens is 328 g/mol. The van der Waals surface area contributed by atoms with Crippen LogP contribution in [0.1, 0.15) is 43.2 Å². The molecule has 1 aliphatic carbocycles. The van der Waals surface area contributed by atoms with Gasteiger partial charge in [-0.05, 0) is 56.5 Å². The van der Waals surface area contributed by atoms with Gasteiger partial charge in [-0.15, -0.1) is 0 Å². The molecule has 0 radical (unpaired) electrons. The molecule has 0 unspecified atom stereocenters. The smallest absolute Gasteiger partial charge is 0.0602 e. The first-order chi connectivity index (χ1) is 12.3. The van der Waals surface area contributed by atoms with Crippen LogP contribution in [0.5, 0.6) is 0 Å². The van der Waals surface area contributed by atoms with Crippen LogP contribution >= 0.6 is 11.6 Å². The van der Waals surface area contributed by atoms with Gasteiger partial charge in [-0.1, -0.05) is 73.0 Å². The molecule has 2 aromatic rings. The summed E-state index contributed by atoms with van der Waals surface area (Å²) in [5.74, 6) is 0. The van der Waals surface area contributed by atoms with Crippen molar-refractivity contribution in [3.63, 3.8) is 0 Å². The van der Waals surface area contributed by atoms with Crippen LogP contribution in [0.15, 0.2) is 54.6 Å². The minimum Gasteiger partial charge on any atom is -0.312 e. The van der Waals surface area contributed by atoms with E-state index in [4.69, 9.17) is 11.6 Å². The van der Waals surface area contributed by atoms with Crippen molar-refractivity contribution in [2.24, 2.45) is 0 Å². The minimum absolute atomic E-state index is 0.0661. The first-order valence-corrected chi connectivity index (χ1v) is 9.85. The molecule has 0 saturated heterocycles. The van der Waals surface area contributed by atoms with Crippen LogP contribution in [0, 0.1) is 0 Å². The van der Waals surface area contributed by atoms with E-state index in [2.05, 4.69) is 60.1 Å². The van der Waals surface area contributed by atoms with Crippen molar-refractivity contribution < 1.29 is 0 Å². The van der Waals surface area contributed by atoms with Gasteiger partial charge in [0, 0.05) is 11.1 Å². The first-order valence-electron chi connectivity index (χ1n) is 9.47. The highest BCUT2D eigenvalue weighted by Gasteiger charge is 2.41. The number of rotatable bonds is 7. The second kappa shape index (κ2) is 8.84. The van der Waals surface area contributed by atoms with Crippen molar-refractivity contribution in [3.8, 4) is 0 Å². The summed E-state index contributed by atoms with van der Waals surface area (Å²) in [4.78, 5) is 0. The van der Waals surface area contributed by atoms with E-state index in [0.717, 1.165) is 30.8 Å². The van der Waals surface area contributed by atoms with E-state index in [1.807, 2.05) is 12.1 Å². The Labute approximate surface area is 157 Å². The summed E-state index contributed by atoms with van der Waals surface area (Å²) in [6, 6.07) is 19.5. The Morgan fingerprint density at radius 2 is 1.80 bits per heavy atom. The molecule has 0 bridgehead atoms. The summed E-state index contributed by atoms with van der Waals surface area (Å²) in [5.41, 5.74) is 2.59. The summed E-state index contributed by atoms with van der Waals surface area (Å²) in [6.07, 6.45) is 7.13. The minimum atomic E-state index is -0.0661. The Hall–Kier alpha value is -1.35. The highest BCUT2D eigenvalue weighted by atomic mass is 35.5. The maximum Gasteiger partial charge on any atom is 0.0602 e. The van der Waals surface area contributed by atoms with Gasteiger partial charge in [-0.2, -0.15) is 0 Å². The summed E-state index contributed by atoms with van der Waals surface area (Å²) in [5, 5.41) is 8.34. The summed E-state index contributed by atoms with van der Waals surface area (Å²) in [7, 11) is 2.08. The van der Waals surface area contributed by atoms with E-state index in [1.54, 1.807) is 0 Å². The predicted molar refractivity (Wildman–Crippen MR) is 107 cm³/mol. The lowest BCUT2D eigenvalue weighted by Gasteiger charge is -2.45. The van der Waals surface area contributed by atoms with Crippen LogP contribution in [0.3, 0.4) is 0 Å². The number of benzene rings is 2. The molecule has 2 aromatic carbocycles. The van der Waals surface area contributed by atoms with E-state index in [0.29, 0.717) is 6.04 Å². The Balaban J connectivity index is 1.66. The van der Waals surface area contributed by atoms with Gasteiger partial charge in [0.05, 0.1) is 5.54 Å². The Bertz CT molecular complexity index is 658. The highest BCUT2D eigenvalue weighted by molar-refractivity contribution is 6.31.